The fraction of sp³-hybridized carbons (Fsp3) is 0.438. The number of aliphatic hydroxyl groups excluding tert-OH is 1. The van der Waals surface area contributed by atoms with Crippen molar-refractivity contribution in [2.45, 2.75) is 44.6 Å². The largest absolute Gasteiger partial charge is 0.387 e. The molecule has 2 aromatic heterocycles. The van der Waals surface area contributed by atoms with Crippen LogP contribution in [0.2, 0.25) is 0 Å². The maximum atomic E-state index is 10.5. The van der Waals surface area contributed by atoms with Gasteiger partial charge in [-0.1, -0.05) is 6.42 Å². The zero-order valence-electron chi connectivity index (χ0n) is 11.3. The molecule has 0 amide bonds. The normalized spacial score (nSPS) is 16.5. The van der Waals surface area contributed by atoms with E-state index in [4.69, 9.17) is 0 Å². The van der Waals surface area contributed by atoms with Crippen molar-refractivity contribution in [1.82, 2.24) is 4.98 Å². The van der Waals surface area contributed by atoms with Gasteiger partial charge in [-0.05, 0) is 64.9 Å². The first-order valence-electron chi connectivity index (χ1n) is 7.11. The number of hydrogen-bond acceptors (Lipinski definition) is 3. The summed E-state index contributed by atoms with van der Waals surface area (Å²) in [4.78, 5) is 6.75. The quantitative estimate of drug-likeness (QED) is 0.828. The number of nitrogens with zero attached hydrogens (tertiary/aromatic N) is 1. The minimum absolute atomic E-state index is 0.414. The Hall–Kier alpha value is -0.710. The van der Waals surface area contributed by atoms with E-state index in [1.54, 1.807) is 17.5 Å². The van der Waals surface area contributed by atoms with Gasteiger partial charge in [0.1, 0.15) is 0 Å². The standard InChI is InChI=1S/C16H18BrNOS/c17-13-6-11(9-18-10-13)7-14(19)16-8-12-4-2-1-3-5-15(12)20-16/h6,8-10,14,19H,1-5,7H2. The van der Waals surface area contributed by atoms with Crippen LogP contribution in [0.1, 0.15) is 46.2 Å². The average Bonchev–Trinajstić information content (AvgIpc) is 2.70. The Kier molecular flexibility index (Phi) is 4.54. The average molecular weight is 352 g/mol. The molecule has 106 valence electrons. The Bertz CT molecular complexity index is 572. The SMILES string of the molecule is OC(Cc1cncc(Br)c1)c1cc2c(s1)CCCCC2. The number of aliphatic hydroxyl groups is 1. The molecule has 0 bridgehead atoms. The number of rotatable bonds is 3. The molecule has 1 unspecified atom stereocenters. The molecule has 1 atom stereocenters. The maximum Gasteiger partial charge on any atom is 0.0922 e. The second-order valence-electron chi connectivity index (χ2n) is 5.39. The van der Waals surface area contributed by atoms with Gasteiger partial charge < -0.3 is 5.11 Å². The van der Waals surface area contributed by atoms with E-state index < -0.39 is 6.10 Å². The van der Waals surface area contributed by atoms with Crippen LogP contribution in [0.4, 0.5) is 0 Å². The monoisotopic (exact) mass is 351 g/mol. The lowest BCUT2D eigenvalue weighted by molar-refractivity contribution is 0.182. The van der Waals surface area contributed by atoms with Gasteiger partial charge in [0.2, 0.25) is 0 Å². The fourth-order valence-electron chi connectivity index (χ4n) is 2.75. The maximum absolute atomic E-state index is 10.5. The second kappa shape index (κ2) is 6.37. The molecule has 3 rings (SSSR count). The number of aromatic nitrogens is 1. The summed E-state index contributed by atoms with van der Waals surface area (Å²) < 4.78 is 0.962. The highest BCUT2D eigenvalue weighted by molar-refractivity contribution is 9.10. The highest BCUT2D eigenvalue weighted by atomic mass is 79.9. The molecule has 2 aromatic rings. The first-order valence-corrected chi connectivity index (χ1v) is 8.72. The summed E-state index contributed by atoms with van der Waals surface area (Å²) in [5, 5.41) is 10.5. The lowest BCUT2D eigenvalue weighted by Crippen LogP contribution is -2.00. The summed E-state index contributed by atoms with van der Waals surface area (Å²) in [7, 11) is 0. The first-order chi connectivity index (χ1) is 9.72. The molecular weight excluding hydrogens is 334 g/mol. The number of thiophene rings is 1. The lowest BCUT2D eigenvalue weighted by Gasteiger charge is -2.08. The highest BCUT2D eigenvalue weighted by Gasteiger charge is 2.17. The van der Waals surface area contributed by atoms with Gasteiger partial charge in [-0.2, -0.15) is 0 Å². The molecule has 0 saturated heterocycles. The van der Waals surface area contributed by atoms with E-state index in [1.165, 1.54) is 42.5 Å². The predicted molar refractivity (Wildman–Crippen MR) is 86.2 cm³/mol. The summed E-state index contributed by atoms with van der Waals surface area (Å²) in [6.07, 6.45) is 10.1. The van der Waals surface area contributed by atoms with E-state index in [-0.39, 0.29) is 0 Å². The Labute approximate surface area is 132 Å². The molecule has 4 heteroatoms. The number of aryl methyl sites for hydroxylation is 2. The predicted octanol–water partition coefficient (Wildman–Crippen LogP) is 4.45. The van der Waals surface area contributed by atoms with Gasteiger partial charge in [-0.3, -0.25) is 4.98 Å². The topological polar surface area (TPSA) is 33.1 Å². The third-order valence-corrected chi connectivity index (χ3v) is 5.56. The minimum atomic E-state index is -0.414. The number of pyridine rings is 1. The van der Waals surface area contributed by atoms with Crippen molar-refractivity contribution in [2.75, 3.05) is 0 Å². The van der Waals surface area contributed by atoms with E-state index in [1.807, 2.05) is 12.3 Å². The smallest absolute Gasteiger partial charge is 0.0922 e. The molecule has 1 aliphatic rings. The molecule has 0 spiro atoms. The van der Waals surface area contributed by atoms with Gasteiger partial charge >= 0.3 is 0 Å². The van der Waals surface area contributed by atoms with E-state index in [0.717, 1.165) is 14.9 Å². The van der Waals surface area contributed by atoms with Crippen LogP contribution >= 0.6 is 27.3 Å². The fourth-order valence-corrected chi connectivity index (χ4v) is 4.40. The Morgan fingerprint density at radius 1 is 1.20 bits per heavy atom. The van der Waals surface area contributed by atoms with Crippen LogP contribution in [0.25, 0.3) is 0 Å². The molecule has 0 aliphatic heterocycles. The van der Waals surface area contributed by atoms with Gasteiger partial charge in [0.05, 0.1) is 6.10 Å². The molecule has 2 heterocycles. The van der Waals surface area contributed by atoms with Gasteiger partial charge in [0.25, 0.3) is 0 Å². The van der Waals surface area contributed by atoms with E-state index >= 15 is 0 Å². The molecule has 1 aliphatic carbocycles. The zero-order chi connectivity index (χ0) is 13.9. The highest BCUT2D eigenvalue weighted by Crippen LogP contribution is 2.33. The molecule has 20 heavy (non-hydrogen) atoms. The molecule has 0 saturated carbocycles. The molecular formula is C16H18BrNOS. The summed E-state index contributed by atoms with van der Waals surface area (Å²) in [5.41, 5.74) is 2.53. The molecule has 0 fully saturated rings. The number of fused-ring (bicyclic) bond motifs is 1. The molecule has 0 aromatic carbocycles. The van der Waals surface area contributed by atoms with Crippen LogP contribution in [0.15, 0.2) is 29.0 Å². The van der Waals surface area contributed by atoms with Gasteiger partial charge in [0, 0.05) is 33.0 Å². The van der Waals surface area contributed by atoms with Gasteiger partial charge in [0.15, 0.2) is 0 Å². The number of hydrogen-bond donors (Lipinski definition) is 1. The van der Waals surface area contributed by atoms with Crippen LogP contribution in [0.5, 0.6) is 0 Å². The Morgan fingerprint density at radius 2 is 2.05 bits per heavy atom. The summed E-state index contributed by atoms with van der Waals surface area (Å²) in [6.45, 7) is 0. The lowest BCUT2D eigenvalue weighted by atomic mass is 10.1. The van der Waals surface area contributed by atoms with Crippen molar-refractivity contribution < 1.29 is 5.11 Å². The van der Waals surface area contributed by atoms with Crippen molar-refractivity contribution in [3.8, 4) is 0 Å². The van der Waals surface area contributed by atoms with Crippen molar-refractivity contribution >= 4 is 27.3 Å². The summed E-state index contributed by atoms with van der Waals surface area (Å²) in [6, 6.07) is 4.25. The third-order valence-electron chi connectivity index (χ3n) is 3.78. The van der Waals surface area contributed by atoms with E-state index in [0.29, 0.717) is 6.42 Å². The van der Waals surface area contributed by atoms with Crippen molar-refractivity contribution in [1.29, 1.82) is 0 Å². The van der Waals surface area contributed by atoms with Crippen LogP contribution in [0.3, 0.4) is 0 Å². The van der Waals surface area contributed by atoms with Crippen LogP contribution < -0.4 is 0 Å². The van der Waals surface area contributed by atoms with Crippen molar-refractivity contribution in [3.05, 3.63) is 49.9 Å². The molecule has 1 N–H and O–H groups in total. The first kappa shape index (κ1) is 14.2. The minimum Gasteiger partial charge on any atom is -0.387 e. The molecule has 2 nitrogen and oxygen atoms in total. The molecule has 0 radical (unpaired) electrons. The Morgan fingerprint density at radius 3 is 2.90 bits per heavy atom. The van der Waals surface area contributed by atoms with E-state index in [2.05, 4.69) is 27.0 Å². The Balaban J connectivity index is 1.75. The van der Waals surface area contributed by atoms with Gasteiger partial charge in [-0.15, -0.1) is 11.3 Å². The number of halogens is 1. The summed E-state index contributed by atoms with van der Waals surface area (Å²) >= 11 is 5.22. The van der Waals surface area contributed by atoms with Crippen molar-refractivity contribution in [3.63, 3.8) is 0 Å². The van der Waals surface area contributed by atoms with Crippen LogP contribution in [-0.2, 0) is 19.3 Å². The van der Waals surface area contributed by atoms with Crippen LogP contribution in [0, 0.1) is 0 Å². The third kappa shape index (κ3) is 3.30. The van der Waals surface area contributed by atoms with E-state index in [9.17, 15) is 5.11 Å². The second-order valence-corrected chi connectivity index (χ2v) is 7.47. The summed E-state index contributed by atoms with van der Waals surface area (Å²) in [5.74, 6) is 0. The zero-order valence-corrected chi connectivity index (χ0v) is 13.7. The van der Waals surface area contributed by atoms with Crippen LogP contribution in [-0.4, -0.2) is 10.1 Å². The van der Waals surface area contributed by atoms with Crippen molar-refractivity contribution in [2.24, 2.45) is 0 Å². The van der Waals surface area contributed by atoms with Gasteiger partial charge in [-0.25, -0.2) is 0 Å².